The molecule has 16 heavy (non-hydrogen) atoms. The predicted octanol–water partition coefficient (Wildman–Crippen LogP) is 3.29. The Morgan fingerprint density at radius 1 is 1.12 bits per heavy atom. The molecule has 0 aliphatic heterocycles. The zero-order chi connectivity index (χ0) is 11.2. The lowest BCUT2D eigenvalue weighted by atomic mass is 10.3. The Kier molecular flexibility index (Phi) is 3.66. The van der Waals surface area contributed by atoms with Gasteiger partial charge in [0.25, 0.3) is 0 Å². The van der Waals surface area contributed by atoms with Crippen LogP contribution in [0.3, 0.4) is 0 Å². The topological polar surface area (TPSA) is 37.3 Å². The molecule has 2 rings (SSSR count). The largest absolute Gasteiger partial charge is 0.279 e. The van der Waals surface area contributed by atoms with E-state index in [0.29, 0.717) is 0 Å². The van der Waals surface area contributed by atoms with E-state index in [-0.39, 0.29) is 0 Å². The summed E-state index contributed by atoms with van der Waals surface area (Å²) in [5, 5.41) is 4.13. The van der Waals surface area contributed by atoms with Crippen LogP contribution in [-0.4, -0.2) is 11.2 Å². The fourth-order valence-corrected chi connectivity index (χ4v) is 1.54. The highest BCUT2D eigenvalue weighted by Crippen LogP contribution is 2.10. The number of nitrogens with zero attached hydrogens (tertiary/aromatic N) is 2. The van der Waals surface area contributed by atoms with Crippen LogP contribution in [-0.2, 0) is 0 Å². The summed E-state index contributed by atoms with van der Waals surface area (Å²) in [6.07, 6.45) is 3.45. The van der Waals surface area contributed by atoms with E-state index in [0.717, 1.165) is 15.9 Å². The van der Waals surface area contributed by atoms with E-state index < -0.39 is 0 Å². The van der Waals surface area contributed by atoms with Crippen molar-refractivity contribution in [3.8, 4) is 0 Å². The zero-order valence-corrected chi connectivity index (χ0v) is 10.1. The van der Waals surface area contributed by atoms with Gasteiger partial charge in [-0.1, -0.05) is 18.2 Å². The van der Waals surface area contributed by atoms with Crippen LogP contribution in [0, 0.1) is 0 Å². The van der Waals surface area contributed by atoms with Crippen LogP contribution < -0.4 is 5.43 Å². The third kappa shape index (κ3) is 2.90. The Morgan fingerprint density at radius 3 is 2.69 bits per heavy atom. The summed E-state index contributed by atoms with van der Waals surface area (Å²) >= 11 is 3.35. The highest BCUT2D eigenvalue weighted by Gasteiger charge is 1.94. The van der Waals surface area contributed by atoms with Crippen molar-refractivity contribution in [2.75, 3.05) is 5.43 Å². The standard InChI is InChI=1S/C12H10BrN3/c13-12-10(5-4-8-14-12)9-15-16-11-6-2-1-3-7-11/h1-9,16H/b15-9+. The Bertz CT molecular complexity index is 483. The van der Waals surface area contributed by atoms with Crippen molar-refractivity contribution in [3.63, 3.8) is 0 Å². The molecule has 0 spiro atoms. The van der Waals surface area contributed by atoms with Gasteiger partial charge in [-0.25, -0.2) is 4.98 Å². The third-order valence-corrected chi connectivity index (χ3v) is 2.62. The molecule has 80 valence electrons. The van der Waals surface area contributed by atoms with Gasteiger partial charge in [-0.3, -0.25) is 5.43 Å². The van der Waals surface area contributed by atoms with Crippen LogP contribution in [0.1, 0.15) is 5.56 Å². The molecule has 0 radical (unpaired) electrons. The van der Waals surface area contributed by atoms with Gasteiger partial charge in [0, 0.05) is 11.8 Å². The molecule has 0 saturated carbocycles. The number of benzene rings is 1. The van der Waals surface area contributed by atoms with Crippen molar-refractivity contribution in [3.05, 3.63) is 58.8 Å². The Hall–Kier alpha value is -1.68. The summed E-state index contributed by atoms with van der Waals surface area (Å²) in [6, 6.07) is 13.6. The van der Waals surface area contributed by atoms with Crippen LogP contribution in [0.4, 0.5) is 5.69 Å². The second kappa shape index (κ2) is 5.42. The monoisotopic (exact) mass is 275 g/mol. The van der Waals surface area contributed by atoms with Crippen molar-refractivity contribution in [2.24, 2.45) is 5.10 Å². The van der Waals surface area contributed by atoms with E-state index in [2.05, 4.69) is 31.4 Å². The molecule has 1 aromatic heterocycles. The maximum atomic E-state index is 4.13. The van der Waals surface area contributed by atoms with E-state index >= 15 is 0 Å². The molecule has 0 bridgehead atoms. The van der Waals surface area contributed by atoms with Crippen LogP contribution in [0.5, 0.6) is 0 Å². The van der Waals surface area contributed by atoms with E-state index in [4.69, 9.17) is 0 Å². The SMILES string of the molecule is Brc1ncccc1/C=N/Nc1ccccc1. The number of pyridine rings is 1. The van der Waals surface area contributed by atoms with E-state index in [1.807, 2.05) is 42.5 Å². The number of hydrazone groups is 1. The first-order valence-corrected chi connectivity index (χ1v) is 5.60. The van der Waals surface area contributed by atoms with Gasteiger partial charge in [0.05, 0.1) is 11.9 Å². The Balaban J connectivity index is 2.03. The lowest BCUT2D eigenvalue weighted by Gasteiger charge is -1.99. The average molecular weight is 276 g/mol. The zero-order valence-electron chi connectivity index (χ0n) is 8.47. The summed E-state index contributed by atoms with van der Waals surface area (Å²) in [7, 11) is 0. The first kappa shape index (κ1) is 10.8. The predicted molar refractivity (Wildman–Crippen MR) is 69.6 cm³/mol. The quantitative estimate of drug-likeness (QED) is 0.530. The fourth-order valence-electron chi connectivity index (χ4n) is 1.18. The number of rotatable bonds is 3. The molecule has 1 N–H and O–H groups in total. The van der Waals surface area contributed by atoms with Crippen LogP contribution in [0.25, 0.3) is 0 Å². The summed E-state index contributed by atoms with van der Waals surface area (Å²) in [4.78, 5) is 4.10. The van der Waals surface area contributed by atoms with Gasteiger partial charge in [-0.15, -0.1) is 0 Å². The van der Waals surface area contributed by atoms with Gasteiger partial charge in [0.1, 0.15) is 4.60 Å². The van der Waals surface area contributed by atoms with E-state index in [1.165, 1.54) is 0 Å². The highest BCUT2D eigenvalue weighted by molar-refractivity contribution is 9.10. The minimum Gasteiger partial charge on any atom is -0.279 e. The van der Waals surface area contributed by atoms with Crippen molar-refractivity contribution < 1.29 is 0 Å². The number of aromatic nitrogens is 1. The van der Waals surface area contributed by atoms with E-state index in [1.54, 1.807) is 12.4 Å². The van der Waals surface area contributed by atoms with E-state index in [9.17, 15) is 0 Å². The van der Waals surface area contributed by atoms with Crippen molar-refractivity contribution in [1.82, 2.24) is 4.98 Å². The van der Waals surface area contributed by atoms with Crippen molar-refractivity contribution >= 4 is 27.8 Å². The number of halogens is 1. The van der Waals surface area contributed by atoms with Gasteiger partial charge in [0.2, 0.25) is 0 Å². The molecule has 0 atom stereocenters. The maximum Gasteiger partial charge on any atom is 0.114 e. The molecule has 0 aliphatic rings. The summed E-state index contributed by atoms with van der Waals surface area (Å²) in [6.45, 7) is 0. The van der Waals surface area contributed by atoms with Crippen LogP contribution >= 0.6 is 15.9 Å². The average Bonchev–Trinajstić information content (AvgIpc) is 2.33. The summed E-state index contributed by atoms with van der Waals surface area (Å²) in [5.74, 6) is 0. The van der Waals surface area contributed by atoms with Gasteiger partial charge >= 0.3 is 0 Å². The molecular formula is C12H10BrN3. The molecule has 0 aliphatic carbocycles. The molecule has 3 nitrogen and oxygen atoms in total. The third-order valence-electron chi connectivity index (χ3n) is 1.96. The molecule has 4 heteroatoms. The molecule has 0 unspecified atom stereocenters. The normalized spacial score (nSPS) is 10.6. The second-order valence-electron chi connectivity index (χ2n) is 3.12. The number of nitrogens with one attached hydrogen (secondary N) is 1. The Labute approximate surface area is 102 Å². The first-order valence-electron chi connectivity index (χ1n) is 4.81. The van der Waals surface area contributed by atoms with Gasteiger partial charge in [-0.2, -0.15) is 5.10 Å². The molecule has 2 aromatic rings. The Morgan fingerprint density at radius 2 is 1.94 bits per heavy atom. The summed E-state index contributed by atoms with van der Waals surface area (Å²) in [5.41, 5.74) is 4.83. The molecule has 1 aromatic carbocycles. The summed E-state index contributed by atoms with van der Waals surface area (Å²) < 4.78 is 0.786. The number of hydrogen-bond donors (Lipinski definition) is 1. The van der Waals surface area contributed by atoms with Gasteiger partial charge in [-0.05, 0) is 40.2 Å². The minimum absolute atomic E-state index is 0.786. The van der Waals surface area contributed by atoms with Crippen molar-refractivity contribution in [1.29, 1.82) is 0 Å². The number of anilines is 1. The molecule has 0 fully saturated rings. The van der Waals surface area contributed by atoms with Gasteiger partial charge < -0.3 is 0 Å². The number of hydrogen-bond acceptors (Lipinski definition) is 3. The highest BCUT2D eigenvalue weighted by atomic mass is 79.9. The molecular weight excluding hydrogens is 266 g/mol. The smallest absolute Gasteiger partial charge is 0.114 e. The molecule has 0 amide bonds. The first-order chi connectivity index (χ1) is 7.86. The molecule has 0 saturated heterocycles. The number of para-hydroxylation sites is 1. The van der Waals surface area contributed by atoms with Crippen LogP contribution in [0.2, 0.25) is 0 Å². The second-order valence-corrected chi connectivity index (χ2v) is 3.87. The van der Waals surface area contributed by atoms with Crippen molar-refractivity contribution in [2.45, 2.75) is 0 Å². The maximum absolute atomic E-state index is 4.13. The minimum atomic E-state index is 0.786. The lowest BCUT2D eigenvalue weighted by Crippen LogP contribution is -1.91. The van der Waals surface area contributed by atoms with Gasteiger partial charge in [0.15, 0.2) is 0 Å². The molecule has 1 heterocycles. The van der Waals surface area contributed by atoms with Crippen LogP contribution in [0.15, 0.2) is 58.4 Å². The lowest BCUT2D eigenvalue weighted by molar-refractivity contribution is 1.26. The fraction of sp³-hybridized carbons (Fsp3) is 0.